The number of hydroxylamine groups is 2. The normalized spacial score (nSPS) is 26.6. The number of azide groups is 1. The zero-order valence-electron chi connectivity index (χ0n) is 32.0. The van der Waals surface area contributed by atoms with Crippen LogP contribution in [-0.4, -0.2) is 101 Å². The zero-order valence-corrected chi connectivity index (χ0v) is 32.0. The Morgan fingerprint density at radius 2 is 1.88 bits per heavy atom. The standard InChI is InChI=1S/C38H54N8O6/c1-21-29-17-26(38(29,3)4)18-30(21)42-36(48)33-32(22(2)51-37(49)45(8)9)31(19-41-43-39)52-46(33)20-23-12-11-13-28(34(23)50-10)24-14-25(35(47)40-5)16-27(15-24)44(6)7/h11-16,21-22,26,29-33H,17-20H2,1-10H3,(H,40,47)(H,42,48)/t21-,22+,26+,29-,30-,31-,32+,33-/m0/s1. The minimum atomic E-state index is -0.896. The van der Waals surface area contributed by atoms with Gasteiger partial charge in [-0.3, -0.25) is 14.4 Å². The Bertz CT molecular complexity index is 1710. The number of carbonyl (C=O) groups is 3. The van der Waals surface area contributed by atoms with E-state index in [0.717, 1.165) is 28.8 Å². The van der Waals surface area contributed by atoms with Gasteiger partial charge in [-0.2, -0.15) is 5.06 Å². The van der Waals surface area contributed by atoms with E-state index < -0.39 is 30.3 Å². The Kier molecular flexibility index (Phi) is 11.6. The van der Waals surface area contributed by atoms with Gasteiger partial charge in [0, 0.05) is 68.6 Å². The van der Waals surface area contributed by atoms with Gasteiger partial charge < -0.3 is 29.9 Å². The molecule has 8 atom stereocenters. The quantitative estimate of drug-likeness (QED) is 0.166. The first-order valence-corrected chi connectivity index (χ1v) is 18.0. The molecule has 1 heterocycles. The monoisotopic (exact) mass is 718 g/mol. The van der Waals surface area contributed by atoms with Crippen molar-refractivity contribution in [1.29, 1.82) is 0 Å². The number of carbonyl (C=O) groups excluding carboxylic acids is 3. The van der Waals surface area contributed by atoms with Crippen molar-refractivity contribution in [3.05, 3.63) is 58.0 Å². The van der Waals surface area contributed by atoms with Crippen molar-refractivity contribution < 1.29 is 28.7 Å². The molecule has 2 aromatic rings. The molecule has 3 aliphatic carbocycles. The molecule has 0 aromatic heterocycles. The van der Waals surface area contributed by atoms with Gasteiger partial charge in [0.05, 0.1) is 32.2 Å². The lowest BCUT2D eigenvalue weighted by molar-refractivity contribution is -0.175. The van der Waals surface area contributed by atoms with E-state index in [-0.39, 0.29) is 42.3 Å². The van der Waals surface area contributed by atoms with Crippen LogP contribution in [0.5, 0.6) is 5.75 Å². The molecular weight excluding hydrogens is 664 g/mol. The van der Waals surface area contributed by atoms with E-state index in [1.807, 2.05) is 55.4 Å². The Morgan fingerprint density at radius 1 is 1.15 bits per heavy atom. The Morgan fingerprint density at radius 3 is 2.48 bits per heavy atom. The molecule has 282 valence electrons. The maximum atomic E-state index is 14.6. The summed E-state index contributed by atoms with van der Waals surface area (Å²) < 4.78 is 11.9. The molecule has 0 radical (unpaired) electrons. The van der Waals surface area contributed by atoms with Gasteiger partial charge in [0.25, 0.3) is 5.91 Å². The SMILES string of the molecule is CNC(=O)c1cc(-c2cccc(CN3O[C@@H](CN=[N+]=[N-])[C@@H]([C@@H](C)OC(=O)N(C)C)[C@H]3C(=O)N[C@H]3C[C@H]4C[C@@H]([C@@H]3C)C4(C)C)c2OC)cc(N(C)C)c1. The molecule has 0 unspecified atom stereocenters. The number of fused-ring (bicyclic) bond motifs is 2. The topological polar surface area (TPSA) is 161 Å². The van der Waals surface area contributed by atoms with Crippen molar-refractivity contribution in [2.45, 2.75) is 71.4 Å². The van der Waals surface area contributed by atoms with Gasteiger partial charge in [-0.05, 0) is 72.2 Å². The minimum Gasteiger partial charge on any atom is -0.496 e. The summed E-state index contributed by atoms with van der Waals surface area (Å²) in [5.41, 5.74) is 13.1. The number of rotatable bonds is 12. The number of methoxy groups -OCH3 is 1. The molecule has 1 aliphatic heterocycles. The molecule has 3 saturated carbocycles. The van der Waals surface area contributed by atoms with Crippen LogP contribution in [0.4, 0.5) is 10.5 Å². The Hall–Kier alpha value is -4.52. The number of hydrogen-bond donors (Lipinski definition) is 2. The van der Waals surface area contributed by atoms with Crippen LogP contribution in [0.1, 0.15) is 56.5 Å². The summed E-state index contributed by atoms with van der Waals surface area (Å²) in [4.78, 5) is 52.9. The maximum Gasteiger partial charge on any atom is 0.409 e. The van der Waals surface area contributed by atoms with Crippen molar-refractivity contribution in [3.63, 3.8) is 0 Å². The number of ether oxygens (including phenoxy) is 2. The van der Waals surface area contributed by atoms with E-state index in [2.05, 4.69) is 41.4 Å². The second kappa shape index (κ2) is 15.6. The average molecular weight is 719 g/mol. The minimum absolute atomic E-state index is 0.0149. The number of benzene rings is 2. The molecule has 14 nitrogen and oxygen atoms in total. The third-order valence-corrected chi connectivity index (χ3v) is 11.7. The van der Waals surface area contributed by atoms with Crippen LogP contribution in [0.3, 0.4) is 0 Å². The lowest BCUT2D eigenvalue weighted by Crippen LogP contribution is -2.62. The molecule has 14 heteroatoms. The summed E-state index contributed by atoms with van der Waals surface area (Å²) in [5, 5.41) is 11.5. The summed E-state index contributed by atoms with van der Waals surface area (Å²) in [7, 11) is 10.2. The zero-order chi connectivity index (χ0) is 38.1. The van der Waals surface area contributed by atoms with Gasteiger partial charge in [-0.15, -0.1) is 0 Å². The van der Waals surface area contributed by atoms with E-state index in [9.17, 15) is 19.9 Å². The highest BCUT2D eigenvalue weighted by Crippen LogP contribution is 2.61. The molecule has 6 rings (SSSR count). The summed E-state index contributed by atoms with van der Waals surface area (Å²) in [6, 6.07) is 10.4. The Balaban J connectivity index is 1.54. The van der Waals surface area contributed by atoms with Crippen molar-refractivity contribution in [2.75, 3.05) is 53.8 Å². The first kappa shape index (κ1) is 38.7. The van der Waals surface area contributed by atoms with Crippen LogP contribution in [0, 0.1) is 29.1 Å². The highest BCUT2D eigenvalue weighted by molar-refractivity contribution is 5.97. The van der Waals surface area contributed by atoms with Gasteiger partial charge in [-0.25, -0.2) is 4.79 Å². The third kappa shape index (κ3) is 7.51. The van der Waals surface area contributed by atoms with E-state index >= 15 is 0 Å². The van der Waals surface area contributed by atoms with E-state index in [0.29, 0.717) is 23.1 Å². The lowest BCUT2D eigenvalue weighted by Gasteiger charge is -2.62. The first-order valence-electron chi connectivity index (χ1n) is 18.0. The lowest BCUT2D eigenvalue weighted by atomic mass is 9.45. The second-order valence-corrected chi connectivity index (χ2v) is 15.4. The van der Waals surface area contributed by atoms with Gasteiger partial charge in [0.2, 0.25) is 5.91 Å². The predicted molar refractivity (Wildman–Crippen MR) is 199 cm³/mol. The molecule has 4 fully saturated rings. The predicted octanol–water partition coefficient (Wildman–Crippen LogP) is 5.47. The average Bonchev–Trinajstić information content (AvgIpc) is 3.48. The van der Waals surface area contributed by atoms with Crippen molar-refractivity contribution in [3.8, 4) is 16.9 Å². The van der Waals surface area contributed by atoms with Crippen LogP contribution in [0.15, 0.2) is 41.5 Å². The fourth-order valence-corrected chi connectivity index (χ4v) is 8.57. The number of nitrogens with zero attached hydrogens (tertiary/aromatic N) is 6. The number of hydrogen-bond acceptors (Lipinski definition) is 9. The molecule has 4 aliphatic rings. The van der Waals surface area contributed by atoms with Gasteiger partial charge in [-0.1, -0.05) is 44.1 Å². The van der Waals surface area contributed by atoms with E-state index in [1.54, 1.807) is 40.2 Å². The second-order valence-electron chi connectivity index (χ2n) is 15.4. The first-order chi connectivity index (χ1) is 24.6. The molecule has 3 amide bonds. The fourth-order valence-electron chi connectivity index (χ4n) is 8.57. The molecule has 2 N–H and O–H groups in total. The molecule has 1 saturated heterocycles. The van der Waals surface area contributed by atoms with Crippen molar-refractivity contribution in [1.82, 2.24) is 20.6 Å². The molecule has 52 heavy (non-hydrogen) atoms. The largest absolute Gasteiger partial charge is 0.496 e. The summed E-state index contributed by atoms with van der Waals surface area (Å²) in [6.45, 7) is 8.66. The van der Waals surface area contributed by atoms with Crippen LogP contribution >= 0.6 is 0 Å². The van der Waals surface area contributed by atoms with E-state index in [1.165, 1.54) is 11.3 Å². The molecule has 2 aromatic carbocycles. The summed E-state index contributed by atoms with van der Waals surface area (Å²) in [5.74, 6) is 0.772. The van der Waals surface area contributed by atoms with Crippen molar-refractivity contribution in [2.24, 2.45) is 34.2 Å². The van der Waals surface area contributed by atoms with Crippen LogP contribution in [-0.2, 0) is 20.9 Å². The maximum absolute atomic E-state index is 14.6. The van der Waals surface area contributed by atoms with Crippen LogP contribution in [0.2, 0.25) is 0 Å². The summed E-state index contributed by atoms with van der Waals surface area (Å²) in [6.07, 6.45) is -0.0147. The molecule has 0 spiro atoms. The smallest absolute Gasteiger partial charge is 0.409 e. The van der Waals surface area contributed by atoms with E-state index in [4.69, 9.17) is 14.3 Å². The fraction of sp³-hybridized carbons (Fsp3) is 0.605. The summed E-state index contributed by atoms with van der Waals surface area (Å²) >= 11 is 0. The van der Waals surface area contributed by atoms with Crippen LogP contribution in [0.25, 0.3) is 21.6 Å². The number of nitrogens with one attached hydrogen (secondary N) is 2. The molecule has 2 bridgehead atoms. The van der Waals surface area contributed by atoms with Gasteiger partial charge in [0.1, 0.15) is 17.9 Å². The van der Waals surface area contributed by atoms with Gasteiger partial charge >= 0.3 is 6.09 Å². The number of anilines is 1. The Labute approximate surface area is 306 Å². The number of amides is 3. The van der Waals surface area contributed by atoms with Crippen molar-refractivity contribution >= 4 is 23.6 Å². The number of para-hydroxylation sites is 1. The highest BCUT2D eigenvalue weighted by Gasteiger charge is 2.57. The highest BCUT2D eigenvalue weighted by atomic mass is 16.7. The molecular formula is C38H54N8O6. The van der Waals surface area contributed by atoms with Gasteiger partial charge in [0.15, 0.2) is 0 Å². The third-order valence-electron chi connectivity index (χ3n) is 11.7. The van der Waals surface area contributed by atoms with Crippen LogP contribution < -0.4 is 20.3 Å².